The Morgan fingerprint density at radius 3 is 0.835 bits per heavy atom. The van der Waals surface area contributed by atoms with E-state index in [0.717, 1.165) is 103 Å². The van der Waals surface area contributed by atoms with Gasteiger partial charge in [-0.05, 0) is 89.9 Å². The van der Waals surface area contributed by atoms with Gasteiger partial charge in [0.25, 0.3) is 0 Å². The Morgan fingerprint density at radius 1 is 0.278 bits per heavy atom. The van der Waals surface area contributed by atoms with E-state index in [-0.39, 0.29) is 31.6 Å². The van der Waals surface area contributed by atoms with E-state index in [1.54, 1.807) is 6.08 Å². The molecule has 79 heavy (non-hydrogen) atoms. The molecule has 0 aromatic heterocycles. The predicted octanol–water partition coefficient (Wildman–Crippen LogP) is 22.8. The first-order valence-electron chi connectivity index (χ1n) is 33.0. The summed E-state index contributed by atoms with van der Waals surface area (Å²) in [5, 5.41) is 0. The number of esters is 3. The SMILES string of the molecule is CC/C=C\C/C=C\C/C=C\C/C=C\C/C=C\CCCCCCCCCCCCCCCCCCCCCC(=O)OCC(COC(=O)CCCCCCCCCCCCC)OC(=O)C/C=C\C/C=C\C/C=C\C/C=C\C/C=C\CC. The number of carbonyl (C=O) groups excluding carboxylic acids is 3. The van der Waals surface area contributed by atoms with Gasteiger partial charge in [-0.25, -0.2) is 0 Å². The fraction of sp³-hybridized carbons (Fsp3) is 0.685. The Bertz CT molecular complexity index is 1640. The van der Waals surface area contributed by atoms with Gasteiger partial charge >= 0.3 is 17.9 Å². The molecule has 0 amide bonds. The molecule has 0 fully saturated rings. The van der Waals surface area contributed by atoms with E-state index >= 15 is 0 Å². The highest BCUT2D eigenvalue weighted by molar-refractivity contribution is 5.72. The normalized spacial score (nSPS) is 12.9. The van der Waals surface area contributed by atoms with Gasteiger partial charge in [0, 0.05) is 12.8 Å². The average Bonchev–Trinajstić information content (AvgIpc) is 3.45. The summed E-state index contributed by atoms with van der Waals surface area (Å²) in [6.45, 7) is 6.34. The molecule has 0 saturated carbocycles. The zero-order chi connectivity index (χ0) is 57.1. The van der Waals surface area contributed by atoms with Gasteiger partial charge in [-0.3, -0.25) is 14.4 Å². The van der Waals surface area contributed by atoms with E-state index in [4.69, 9.17) is 14.2 Å². The maximum atomic E-state index is 12.8. The van der Waals surface area contributed by atoms with Crippen molar-refractivity contribution in [2.24, 2.45) is 0 Å². The summed E-state index contributed by atoms with van der Waals surface area (Å²) in [6, 6.07) is 0. The van der Waals surface area contributed by atoms with Crippen LogP contribution in [0.25, 0.3) is 0 Å². The van der Waals surface area contributed by atoms with Crippen LogP contribution in [0.4, 0.5) is 0 Å². The molecule has 0 heterocycles. The molecule has 0 aromatic carbocycles. The lowest BCUT2D eigenvalue weighted by atomic mass is 10.0. The quantitative estimate of drug-likeness (QED) is 0.0261. The second kappa shape index (κ2) is 66.3. The number of hydrogen-bond donors (Lipinski definition) is 0. The van der Waals surface area contributed by atoms with Gasteiger partial charge < -0.3 is 14.2 Å². The molecule has 0 saturated heterocycles. The Hall–Kier alpha value is -4.19. The molecule has 1 atom stereocenters. The summed E-state index contributed by atoms with van der Waals surface area (Å²) in [7, 11) is 0. The van der Waals surface area contributed by atoms with Crippen LogP contribution in [0.15, 0.2) is 122 Å². The molecule has 450 valence electrons. The summed E-state index contributed by atoms with van der Waals surface area (Å²) in [5.74, 6) is -1.04. The average molecular weight is 1100 g/mol. The van der Waals surface area contributed by atoms with Crippen molar-refractivity contribution in [1.82, 2.24) is 0 Å². The molecule has 0 spiro atoms. The zero-order valence-electron chi connectivity index (χ0n) is 51.6. The molecule has 0 bridgehead atoms. The van der Waals surface area contributed by atoms with Crippen molar-refractivity contribution in [2.45, 2.75) is 309 Å². The third kappa shape index (κ3) is 64.5. The van der Waals surface area contributed by atoms with Crippen LogP contribution in [0.1, 0.15) is 303 Å². The van der Waals surface area contributed by atoms with E-state index in [1.165, 1.54) is 161 Å². The first-order valence-corrected chi connectivity index (χ1v) is 33.0. The highest BCUT2D eigenvalue weighted by atomic mass is 16.6. The third-order valence-corrected chi connectivity index (χ3v) is 14.0. The maximum Gasteiger partial charge on any atom is 0.310 e. The number of ether oxygens (including phenoxy) is 3. The zero-order valence-corrected chi connectivity index (χ0v) is 51.6. The Labute approximate surface area is 488 Å². The Kier molecular flexibility index (Phi) is 62.8. The van der Waals surface area contributed by atoms with Gasteiger partial charge in [0.2, 0.25) is 0 Å². The van der Waals surface area contributed by atoms with Crippen LogP contribution in [0.2, 0.25) is 0 Å². The van der Waals surface area contributed by atoms with Crippen LogP contribution in [0.3, 0.4) is 0 Å². The predicted molar refractivity (Wildman–Crippen MR) is 343 cm³/mol. The highest BCUT2D eigenvalue weighted by Gasteiger charge is 2.19. The van der Waals surface area contributed by atoms with Gasteiger partial charge in [-0.2, -0.15) is 0 Å². The first kappa shape index (κ1) is 74.8. The molecule has 0 N–H and O–H groups in total. The fourth-order valence-corrected chi connectivity index (χ4v) is 9.14. The molecule has 0 aromatic rings. The second-order valence-electron chi connectivity index (χ2n) is 21.6. The Morgan fingerprint density at radius 2 is 0.532 bits per heavy atom. The van der Waals surface area contributed by atoms with Crippen molar-refractivity contribution in [3.63, 3.8) is 0 Å². The van der Waals surface area contributed by atoms with E-state index < -0.39 is 12.1 Å². The molecule has 6 heteroatoms. The van der Waals surface area contributed by atoms with Gasteiger partial charge in [0.15, 0.2) is 6.10 Å². The van der Waals surface area contributed by atoms with Crippen molar-refractivity contribution in [3.8, 4) is 0 Å². The van der Waals surface area contributed by atoms with Gasteiger partial charge in [0.1, 0.15) is 13.2 Å². The monoisotopic (exact) mass is 1090 g/mol. The standard InChI is InChI=1S/C73H122O6/c1-4-7-10-13-16-19-22-24-26-27-28-29-30-31-32-33-34-35-36-37-38-39-40-41-42-43-44-45-47-48-51-54-57-60-63-66-72(75)78-69-70(68-77-71(74)65-62-59-56-53-50-21-18-15-12-9-6-3)79-73(76)67-64-61-58-55-52-49-46-25-23-20-17-14-11-8-5-2/h7-8,10-11,16-17,19-20,24-26,28-29,31-32,46,52,55,61,64,70H,4-6,9,12-15,18,21-23,27,30,33-45,47-51,53-54,56-60,62-63,65-69H2,1-3H3/b10-7-,11-8-,19-16-,20-17-,26-24-,29-28-,32-31-,46-25-,55-52-,64-61-. The topological polar surface area (TPSA) is 78.9 Å². The lowest BCUT2D eigenvalue weighted by molar-refractivity contribution is -0.166. The number of rotatable bonds is 59. The molecule has 6 nitrogen and oxygen atoms in total. The maximum absolute atomic E-state index is 12.8. The number of allylic oxidation sites excluding steroid dienone is 19. The van der Waals surface area contributed by atoms with Crippen LogP contribution in [0, 0.1) is 0 Å². The summed E-state index contributed by atoms with van der Waals surface area (Å²) >= 11 is 0. The molecule has 0 radical (unpaired) electrons. The van der Waals surface area contributed by atoms with Gasteiger partial charge in [0.05, 0.1) is 6.42 Å². The molecule has 1 unspecified atom stereocenters. The Balaban J connectivity index is 4.14. The highest BCUT2D eigenvalue weighted by Crippen LogP contribution is 2.17. The second-order valence-corrected chi connectivity index (χ2v) is 21.6. The van der Waals surface area contributed by atoms with Crippen molar-refractivity contribution in [1.29, 1.82) is 0 Å². The number of unbranched alkanes of at least 4 members (excludes halogenated alkanes) is 29. The first-order chi connectivity index (χ1) is 39.0. The molecule has 0 aliphatic heterocycles. The molecule has 0 rings (SSSR count). The lowest BCUT2D eigenvalue weighted by Crippen LogP contribution is -2.30. The van der Waals surface area contributed by atoms with Crippen molar-refractivity contribution < 1.29 is 28.6 Å². The van der Waals surface area contributed by atoms with Gasteiger partial charge in [-0.1, -0.05) is 316 Å². The van der Waals surface area contributed by atoms with E-state index in [0.29, 0.717) is 12.8 Å². The van der Waals surface area contributed by atoms with E-state index in [9.17, 15) is 14.4 Å². The van der Waals surface area contributed by atoms with Gasteiger partial charge in [-0.15, -0.1) is 0 Å². The molecular weight excluding hydrogens is 973 g/mol. The van der Waals surface area contributed by atoms with Crippen LogP contribution in [-0.4, -0.2) is 37.2 Å². The van der Waals surface area contributed by atoms with Crippen molar-refractivity contribution in [2.75, 3.05) is 13.2 Å². The van der Waals surface area contributed by atoms with Crippen LogP contribution >= 0.6 is 0 Å². The van der Waals surface area contributed by atoms with Crippen LogP contribution in [-0.2, 0) is 28.6 Å². The fourth-order valence-electron chi connectivity index (χ4n) is 9.14. The van der Waals surface area contributed by atoms with Crippen LogP contribution in [0.5, 0.6) is 0 Å². The third-order valence-electron chi connectivity index (χ3n) is 14.0. The lowest BCUT2D eigenvalue weighted by Gasteiger charge is -2.18. The van der Waals surface area contributed by atoms with E-state index in [1.807, 2.05) is 6.08 Å². The molecule has 0 aliphatic carbocycles. The minimum Gasteiger partial charge on any atom is -0.462 e. The summed E-state index contributed by atoms with van der Waals surface area (Å²) < 4.78 is 16.8. The summed E-state index contributed by atoms with van der Waals surface area (Å²) in [5.41, 5.74) is 0. The largest absolute Gasteiger partial charge is 0.462 e. The summed E-state index contributed by atoms with van der Waals surface area (Å²) in [4.78, 5) is 38.1. The van der Waals surface area contributed by atoms with Crippen LogP contribution < -0.4 is 0 Å². The summed E-state index contributed by atoms with van der Waals surface area (Å²) in [6.07, 6.45) is 92.6. The minimum atomic E-state index is -0.831. The molecule has 0 aliphatic rings. The number of hydrogen-bond acceptors (Lipinski definition) is 6. The smallest absolute Gasteiger partial charge is 0.310 e. The number of carbonyl (C=O) groups is 3. The van der Waals surface area contributed by atoms with Crippen molar-refractivity contribution >= 4 is 17.9 Å². The van der Waals surface area contributed by atoms with E-state index in [2.05, 4.69) is 130 Å². The molecular formula is C73H122O6. The van der Waals surface area contributed by atoms with Crippen molar-refractivity contribution in [3.05, 3.63) is 122 Å². The minimum absolute atomic E-state index is 0.0974.